The van der Waals surface area contributed by atoms with Gasteiger partial charge in [-0.1, -0.05) is 41.9 Å². The summed E-state index contributed by atoms with van der Waals surface area (Å²) in [5.74, 6) is 0.735. The van der Waals surface area contributed by atoms with Crippen LogP contribution in [0.2, 0.25) is 5.02 Å². The third-order valence-corrected chi connectivity index (χ3v) is 5.83. The van der Waals surface area contributed by atoms with Crippen molar-refractivity contribution < 1.29 is 4.74 Å². The molecule has 0 unspecified atom stereocenters. The van der Waals surface area contributed by atoms with Crippen LogP contribution in [0.25, 0.3) is 0 Å². The van der Waals surface area contributed by atoms with Gasteiger partial charge in [-0.3, -0.25) is 4.99 Å². The van der Waals surface area contributed by atoms with E-state index >= 15 is 0 Å². The Labute approximate surface area is 181 Å². The number of benzene rings is 3. The number of hydrogen-bond donors (Lipinski definition) is 0. The third-order valence-electron chi connectivity index (χ3n) is 4.28. The van der Waals surface area contributed by atoms with Crippen LogP contribution in [0, 0.1) is 13.8 Å². The predicted molar refractivity (Wildman–Crippen MR) is 121 cm³/mol. The minimum atomic E-state index is 0.396. The second-order valence-electron chi connectivity index (χ2n) is 6.17. The number of rotatable bonds is 5. The molecule has 0 bridgehead atoms. The Kier molecular flexibility index (Phi) is 6.74. The van der Waals surface area contributed by atoms with Gasteiger partial charge in [0.2, 0.25) is 0 Å². The van der Waals surface area contributed by atoms with Crippen LogP contribution in [-0.2, 0) is 6.61 Å². The quantitative estimate of drug-likeness (QED) is 0.323. The number of aryl methyl sites for hydroxylation is 1. The van der Waals surface area contributed by atoms with E-state index in [1.807, 2.05) is 54.7 Å². The Hall–Kier alpha value is -1.62. The van der Waals surface area contributed by atoms with Gasteiger partial charge < -0.3 is 4.74 Å². The molecule has 0 radical (unpaired) electrons. The van der Waals surface area contributed by atoms with Crippen LogP contribution in [-0.4, -0.2) is 6.21 Å². The lowest BCUT2D eigenvalue weighted by atomic mass is 10.1. The first-order valence-electron chi connectivity index (χ1n) is 8.41. The summed E-state index contributed by atoms with van der Waals surface area (Å²) in [5.41, 5.74) is 5.31. The molecule has 0 aliphatic carbocycles. The van der Waals surface area contributed by atoms with Crippen molar-refractivity contribution in [3.05, 3.63) is 90.8 Å². The number of hydrogen-bond acceptors (Lipinski definition) is 2. The van der Waals surface area contributed by atoms with Crippen molar-refractivity contribution in [2.45, 2.75) is 20.5 Å². The number of aliphatic imine (C=N–C) groups is 1. The van der Waals surface area contributed by atoms with Gasteiger partial charge in [0.25, 0.3) is 0 Å². The second-order valence-corrected chi connectivity index (χ2v) is 8.29. The molecule has 2 nitrogen and oxygen atoms in total. The van der Waals surface area contributed by atoms with Crippen LogP contribution >= 0.6 is 43.5 Å². The van der Waals surface area contributed by atoms with Crippen LogP contribution < -0.4 is 4.74 Å². The highest BCUT2D eigenvalue weighted by atomic mass is 79.9. The summed E-state index contributed by atoms with van der Waals surface area (Å²) in [4.78, 5) is 4.63. The zero-order valence-electron chi connectivity index (χ0n) is 15.0. The molecule has 0 amide bonds. The van der Waals surface area contributed by atoms with Gasteiger partial charge in [-0.2, -0.15) is 0 Å². The summed E-state index contributed by atoms with van der Waals surface area (Å²) >= 11 is 13.4. The van der Waals surface area contributed by atoms with Crippen molar-refractivity contribution >= 4 is 55.4 Å². The van der Waals surface area contributed by atoms with E-state index in [0.29, 0.717) is 11.6 Å². The topological polar surface area (TPSA) is 21.6 Å². The van der Waals surface area contributed by atoms with Crippen LogP contribution in [0.5, 0.6) is 5.75 Å². The summed E-state index contributed by atoms with van der Waals surface area (Å²) in [7, 11) is 0. The average Bonchev–Trinajstić information content (AvgIpc) is 2.63. The molecule has 0 N–H and O–H groups in total. The first-order chi connectivity index (χ1) is 13.0. The van der Waals surface area contributed by atoms with Gasteiger partial charge in [-0.15, -0.1) is 0 Å². The summed E-state index contributed by atoms with van der Waals surface area (Å²) in [6.45, 7) is 4.57. The van der Waals surface area contributed by atoms with Crippen molar-refractivity contribution in [2.75, 3.05) is 0 Å². The lowest BCUT2D eigenvalue weighted by Gasteiger charge is -2.12. The van der Waals surface area contributed by atoms with E-state index < -0.39 is 0 Å². The lowest BCUT2D eigenvalue weighted by molar-refractivity contribution is 0.302. The number of halogens is 3. The van der Waals surface area contributed by atoms with Gasteiger partial charge in [0.1, 0.15) is 12.4 Å². The number of ether oxygens (including phenoxy) is 1. The van der Waals surface area contributed by atoms with Crippen molar-refractivity contribution in [1.29, 1.82) is 0 Å². The Bertz CT molecular complexity index is 978. The molecular formula is C22H18Br2ClNO. The van der Waals surface area contributed by atoms with Crippen molar-refractivity contribution in [2.24, 2.45) is 4.99 Å². The molecule has 0 heterocycles. The molecule has 0 saturated carbocycles. The fourth-order valence-corrected chi connectivity index (χ4v) is 4.22. The van der Waals surface area contributed by atoms with E-state index in [-0.39, 0.29) is 0 Å². The standard InChI is InChI=1S/C22H18Br2ClNO/c1-14-6-5-9-21(15(14)2)26-12-16-10-18(23)22(19(24)11-16)27-13-17-7-3-4-8-20(17)25/h3-12H,13H2,1-2H3. The normalized spacial score (nSPS) is 11.1. The van der Waals surface area contributed by atoms with E-state index in [9.17, 15) is 0 Å². The lowest BCUT2D eigenvalue weighted by Crippen LogP contribution is -1.98. The smallest absolute Gasteiger partial charge is 0.148 e. The summed E-state index contributed by atoms with van der Waals surface area (Å²) in [6, 6.07) is 17.8. The Morgan fingerprint density at radius 1 is 1.00 bits per heavy atom. The molecule has 138 valence electrons. The molecule has 5 heteroatoms. The summed E-state index contributed by atoms with van der Waals surface area (Å²) < 4.78 is 7.67. The van der Waals surface area contributed by atoms with Crippen molar-refractivity contribution in [3.8, 4) is 5.75 Å². The van der Waals surface area contributed by atoms with Crippen LogP contribution in [0.1, 0.15) is 22.3 Å². The minimum Gasteiger partial charge on any atom is -0.486 e. The first kappa shape index (κ1) is 20.1. The molecule has 27 heavy (non-hydrogen) atoms. The van der Waals surface area contributed by atoms with E-state index in [4.69, 9.17) is 16.3 Å². The van der Waals surface area contributed by atoms with Gasteiger partial charge in [0.05, 0.1) is 14.6 Å². The Morgan fingerprint density at radius 2 is 1.70 bits per heavy atom. The van der Waals surface area contributed by atoms with Gasteiger partial charge in [-0.25, -0.2) is 0 Å². The van der Waals surface area contributed by atoms with Gasteiger partial charge in [0, 0.05) is 16.8 Å². The second kappa shape index (κ2) is 9.05. The molecule has 0 fully saturated rings. The monoisotopic (exact) mass is 505 g/mol. The van der Waals surface area contributed by atoms with Gasteiger partial charge in [-0.05, 0) is 86.7 Å². The van der Waals surface area contributed by atoms with E-state index in [1.54, 1.807) is 0 Å². The fourth-order valence-electron chi connectivity index (χ4n) is 2.58. The molecule has 0 aliphatic rings. The molecule has 3 aromatic rings. The van der Waals surface area contributed by atoms with Crippen LogP contribution in [0.3, 0.4) is 0 Å². The molecule has 0 atom stereocenters. The molecule has 3 aromatic carbocycles. The average molecular weight is 508 g/mol. The first-order valence-corrected chi connectivity index (χ1v) is 10.4. The molecule has 0 aliphatic heterocycles. The highest BCUT2D eigenvalue weighted by molar-refractivity contribution is 9.11. The zero-order chi connectivity index (χ0) is 19.4. The Morgan fingerprint density at radius 3 is 2.41 bits per heavy atom. The highest BCUT2D eigenvalue weighted by Gasteiger charge is 2.10. The zero-order valence-corrected chi connectivity index (χ0v) is 18.9. The van der Waals surface area contributed by atoms with Crippen LogP contribution in [0.15, 0.2) is 68.5 Å². The Balaban J connectivity index is 1.79. The van der Waals surface area contributed by atoms with Crippen LogP contribution in [0.4, 0.5) is 5.69 Å². The molecule has 0 saturated heterocycles. The molecule has 0 spiro atoms. The van der Waals surface area contributed by atoms with Crippen molar-refractivity contribution in [1.82, 2.24) is 0 Å². The van der Waals surface area contributed by atoms with Crippen molar-refractivity contribution in [3.63, 3.8) is 0 Å². The SMILES string of the molecule is Cc1cccc(N=Cc2cc(Br)c(OCc3ccccc3Cl)c(Br)c2)c1C. The molecule has 0 aromatic heterocycles. The summed E-state index contributed by atoms with van der Waals surface area (Å²) in [5, 5.41) is 0.696. The predicted octanol–water partition coefficient (Wildman–Crippen LogP) is 7.81. The van der Waals surface area contributed by atoms with Gasteiger partial charge >= 0.3 is 0 Å². The van der Waals surface area contributed by atoms with E-state index in [0.717, 1.165) is 31.5 Å². The van der Waals surface area contributed by atoms with E-state index in [2.05, 4.69) is 56.8 Å². The molecule has 3 rings (SSSR count). The summed E-state index contributed by atoms with van der Waals surface area (Å²) in [6.07, 6.45) is 1.86. The number of nitrogens with zero attached hydrogens (tertiary/aromatic N) is 1. The minimum absolute atomic E-state index is 0.396. The molecular weight excluding hydrogens is 490 g/mol. The third kappa shape index (κ3) is 5.01. The maximum absolute atomic E-state index is 6.20. The van der Waals surface area contributed by atoms with E-state index in [1.165, 1.54) is 11.1 Å². The fraction of sp³-hybridized carbons (Fsp3) is 0.136. The maximum Gasteiger partial charge on any atom is 0.148 e. The highest BCUT2D eigenvalue weighted by Crippen LogP contribution is 2.35. The largest absolute Gasteiger partial charge is 0.486 e. The maximum atomic E-state index is 6.20. The van der Waals surface area contributed by atoms with Gasteiger partial charge in [0.15, 0.2) is 0 Å².